The molecule has 3 aromatic rings. The van der Waals surface area contributed by atoms with Crippen LogP contribution in [0.3, 0.4) is 0 Å². The summed E-state index contributed by atoms with van der Waals surface area (Å²) in [5.74, 6) is -1.76. The van der Waals surface area contributed by atoms with Crippen LogP contribution in [0, 0.1) is 0 Å². The fraction of sp³-hybridized carbons (Fsp3) is 0.100. The van der Waals surface area contributed by atoms with Crippen LogP contribution >= 0.6 is 11.3 Å². The van der Waals surface area contributed by atoms with Gasteiger partial charge >= 0.3 is 5.97 Å². The SMILES string of the molecule is CC(=O)NNC(=O)COC(=O)/C=C/c1cn(-c2ccccc2)nc1-c1cccs1. The number of carbonyl (C=O) groups excluding carboxylic acids is 3. The van der Waals surface area contributed by atoms with Gasteiger partial charge in [-0.2, -0.15) is 5.10 Å². The second-order valence-corrected chi connectivity index (χ2v) is 6.81. The van der Waals surface area contributed by atoms with Gasteiger partial charge in [-0.05, 0) is 29.7 Å². The average molecular weight is 410 g/mol. The van der Waals surface area contributed by atoms with Crippen molar-refractivity contribution in [2.75, 3.05) is 6.61 Å². The van der Waals surface area contributed by atoms with Crippen LogP contribution in [0.5, 0.6) is 0 Å². The van der Waals surface area contributed by atoms with Gasteiger partial charge in [-0.25, -0.2) is 9.48 Å². The highest BCUT2D eigenvalue weighted by molar-refractivity contribution is 7.13. The minimum atomic E-state index is -0.687. The summed E-state index contributed by atoms with van der Waals surface area (Å²) in [6, 6.07) is 13.5. The highest BCUT2D eigenvalue weighted by Gasteiger charge is 2.12. The Kier molecular flexibility index (Phi) is 6.54. The molecular weight excluding hydrogens is 392 g/mol. The van der Waals surface area contributed by atoms with Crippen LogP contribution < -0.4 is 10.9 Å². The van der Waals surface area contributed by atoms with Crippen molar-refractivity contribution in [1.29, 1.82) is 0 Å². The van der Waals surface area contributed by atoms with E-state index in [0.29, 0.717) is 0 Å². The van der Waals surface area contributed by atoms with Crippen LogP contribution in [0.2, 0.25) is 0 Å². The topological polar surface area (TPSA) is 102 Å². The van der Waals surface area contributed by atoms with Gasteiger partial charge in [-0.3, -0.25) is 20.4 Å². The Bertz CT molecular complexity index is 1030. The van der Waals surface area contributed by atoms with Crippen molar-refractivity contribution in [3.8, 4) is 16.3 Å². The van der Waals surface area contributed by atoms with Crippen LogP contribution in [0.4, 0.5) is 0 Å². The molecular formula is C20H18N4O4S. The first-order chi connectivity index (χ1) is 14.0. The molecule has 29 heavy (non-hydrogen) atoms. The van der Waals surface area contributed by atoms with Crippen LogP contribution in [-0.4, -0.2) is 34.2 Å². The number of amides is 2. The zero-order valence-electron chi connectivity index (χ0n) is 15.5. The second-order valence-electron chi connectivity index (χ2n) is 5.86. The molecule has 0 unspecified atom stereocenters. The number of hydrogen-bond donors (Lipinski definition) is 2. The fourth-order valence-corrected chi connectivity index (χ4v) is 3.09. The third-order valence-corrected chi connectivity index (χ3v) is 4.52. The third kappa shape index (κ3) is 5.63. The minimum Gasteiger partial charge on any atom is -0.452 e. The van der Waals surface area contributed by atoms with Crippen LogP contribution in [0.15, 0.2) is 60.1 Å². The largest absolute Gasteiger partial charge is 0.452 e. The van der Waals surface area contributed by atoms with Crippen LogP contribution in [-0.2, 0) is 19.1 Å². The van der Waals surface area contributed by atoms with Gasteiger partial charge in [-0.15, -0.1) is 11.3 Å². The third-order valence-electron chi connectivity index (χ3n) is 3.64. The number of para-hydroxylation sites is 1. The van der Waals surface area contributed by atoms with Gasteiger partial charge < -0.3 is 4.74 Å². The predicted molar refractivity (Wildman–Crippen MR) is 109 cm³/mol. The molecule has 0 radical (unpaired) electrons. The number of thiophene rings is 1. The van der Waals surface area contributed by atoms with Crippen molar-refractivity contribution < 1.29 is 19.1 Å². The molecule has 0 aliphatic carbocycles. The molecule has 2 heterocycles. The maximum Gasteiger partial charge on any atom is 0.331 e. The Morgan fingerprint density at radius 1 is 1.14 bits per heavy atom. The first-order valence-electron chi connectivity index (χ1n) is 8.62. The smallest absolute Gasteiger partial charge is 0.331 e. The summed E-state index contributed by atoms with van der Waals surface area (Å²) in [6.07, 6.45) is 4.64. The number of benzene rings is 1. The van der Waals surface area contributed by atoms with Crippen molar-refractivity contribution >= 4 is 35.2 Å². The van der Waals surface area contributed by atoms with E-state index >= 15 is 0 Å². The monoisotopic (exact) mass is 410 g/mol. The number of hydrazine groups is 1. The summed E-state index contributed by atoms with van der Waals surface area (Å²) in [6.45, 7) is 0.736. The quantitative estimate of drug-likeness (QED) is 0.369. The lowest BCUT2D eigenvalue weighted by atomic mass is 10.2. The van der Waals surface area contributed by atoms with Gasteiger partial charge in [0.1, 0.15) is 5.69 Å². The van der Waals surface area contributed by atoms with E-state index in [1.165, 1.54) is 13.0 Å². The lowest BCUT2D eigenvalue weighted by Gasteiger charge is -2.04. The number of ether oxygens (including phenoxy) is 1. The van der Waals surface area contributed by atoms with Gasteiger partial charge in [0.2, 0.25) is 5.91 Å². The Hall–Kier alpha value is -3.72. The number of esters is 1. The van der Waals surface area contributed by atoms with E-state index in [2.05, 4.69) is 16.0 Å². The summed E-state index contributed by atoms with van der Waals surface area (Å²) in [5, 5.41) is 6.59. The molecule has 148 valence electrons. The Morgan fingerprint density at radius 3 is 2.62 bits per heavy atom. The van der Waals surface area contributed by atoms with Crippen molar-refractivity contribution in [2.24, 2.45) is 0 Å². The summed E-state index contributed by atoms with van der Waals surface area (Å²) >= 11 is 1.54. The molecule has 3 rings (SSSR count). The molecule has 0 fully saturated rings. The lowest BCUT2D eigenvalue weighted by molar-refractivity contribution is -0.144. The lowest BCUT2D eigenvalue weighted by Crippen LogP contribution is -2.42. The summed E-state index contributed by atoms with van der Waals surface area (Å²) in [5.41, 5.74) is 6.58. The highest BCUT2D eigenvalue weighted by Crippen LogP contribution is 2.28. The van der Waals surface area contributed by atoms with E-state index in [-0.39, 0.29) is 0 Å². The normalized spacial score (nSPS) is 10.7. The summed E-state index contributed by atoms with van der Waals surface area (Å²) in [4.78, 5) is 35.1. The van der Waals surface area contributed by atoms with Gasteiger partial charge in [0.15, 0.2) is 6.61 Å². The molecule has 0 spiro atoms. The maximum absolute atomic E-state index is 11.9. The van der Waals surface area contributed by atoms with Crippen molar-refractivity contribution in [2.45, 2.75) is 6.92 Å². The predicted octanol–water partition coefficient (Wildman–Crippen LogP) is 2.32. The summed E-state index contributed by atoms with van der Waals surface area (Å²) in [7, 11) is 0. The molecule has 0 atom stereocenters. The van der Waals surface area contributed by atoms with Gasteiger partial charge in [-0.1, -0.05) is 24.3 Å². The number of nitrogens with zero attached hydrogens (tertiary/aromatic N) is 2. The molecule has 2 aromatic heterocycles. The van der Waals surface area contributed by atoms with Gasteiger partial charge in [0.05, 0.1) is 10.6 Å². The number of carbonyl (C=O) groups is 3. The Balaban J connectivity index is 1.72. The van der Waals surface area contributed by atoms with Crippen LogP contribution in [0.25, 0.3) is 22.3 Å². The number of rotatable bonds is 6. The molecule has 0 aliphatic heterocycles. The van der Waals surface area contributed by atoms with Gasteiger partial charge in [0.25, 0.3) is 5.91 Å². The zero-order chi connectivity index (χ0) is 20.6. The van der Waals surface area contributed by atoms with E-state index in [4.69, 9.17) is 4.74 Å². The maximum atomic E-state index is 11.9. The Labute approximate surface area is 170 Å². The average Bonchev–Trinajstić information content (AvgIpc) is 3.39. The second kappa shape index (κ2) is 9.47. The molecule has 0 bridgehead atoms. The van der Waals surface area contributed by atoms with E-state index in [1.807, 2.05) is 54.0 Å². The van der Waals surface area contributed by atoms with E-state index in [9.17, 15) is 14.4 Å². The fourth-order valence-electron chi connectivity index (χ4n) is 2.36. The van der Waals surface area contributed by atoms with E-state index in [0.717, 1.165) is 21.8 Å². The standard InChI is InChI=1S/C20H18N4O4S/c1-14(25)21-22-18(26)13-28-19(27)10-9-15-12-24(16-6-3-2-4-7-16)23-20(15)17-8-5-11-29-17/h2-12H,13H2,1H3,(H,21,25)(H,22,26)/b10-9+. The Morgan fingerprint density at radius 2 is 1.93 bits per heavy atom. The molecule has 0 saturated carbocycles. The molecule has 8 nitrogen and oxygen atoms in total. The summed E-state index contributed by atoms with van der Waals surface area (Å²) < 4.78 is 6.60. The van der Waals surface area contributed by atoms with Crippen molar-refractivity contribution in [3.05, 3.63) is 65.7 Å². The molecule has 9 heteroatoms. The van der Waals surface area contributed by atoms with Crippen molar-refractivity contribution in [3.63, 3.8) is 0 Å². The van der Waals surface area contributed by atoms with Crippen molar-refractivity contribution in [1.82, 2.24) is 20.6 Å². The number of nitrogens with one attached hydrogen (secondary N) is 2. The molecule has 0 saturated heterocycles. The minimum absolute atomic E-state index is 0.430. The first kappa shape index (κ1) is 20.0. The molecule has 2 amide bonds. The number of hydrogen-bond acceptors (Lipinski definition) is 6. The molecule has 0 aliphatic rings. The molecule has 2 N–H and O–H groups in total. The van der Waals surface area contributed by atoms with Crippen LogP contribution in [0.1, 0.15) is 12.5 Å². The highest BCUT2D eigenvalue weighted by atomic mass is 32.1. The molecule has 1 aromatic carbocycles. The number of aromatic nitrogens is 2. The zero-order valence-corrected chi connectivity index (χ0v) is 16.3. The van der Waals surface area contributed by atoms with Gasteiger partial charge in [0, 0.05) is 24.8 Å². The van der Waals surface area contributed by atoms with E-state index < -0.39 is 24.4 Å². The first-order valence-corrected chi connectivity index (χ1v) is 9.50. The van der Waals surface area contributed by atoms with E-state index in [1.54, 1.807) is 22.1 Å².